The first kappa shape index (κ1) is 15.2. The summed E-state index contributed by atoms with van der Waals surface area (Å²) in [6.07, 6.45) is 1.37. The zero-order valence-electron chi connectivity index (χ0n) is 10.7. The lowest BCUT2D eigenvalue weighted by Gasteiger charge is -2.03. The monoisotopic (exact) mass is 327 g/mol. The molecule has 0 aliphatic heterocycles. The van der Waals surface area contributed by atoms with Crippen LogP contribution in [0.3, 0.4) is 0 Å². The predicted octanol–water partition coefficient (Wildman–Crippen LogP) is 1.30. The fourth-order valence-electron chi connectivity index (χ4n) is 1.43. The summed E-state index contributed by atoms with van der Waals surface area (Å²) in [6, 6.07) is 1.85. The molecule has 2 aromatic rings. The van der Waals surface area contributed by atoms with E-state index in [1.165, 1.54) is 17.5 Å². The molecule has 20 heavy (non-hydrogen) atoms. The number of hydrogen-bond acceptors (Lipinski definition) is 6. The summed E-state index contributed by atoms with van der Waals surface area (Å²) in [4.78, 5) is 4.82. The van der Waals surface area contributed by atoms with Gasteiger partial charge in [-0.3, -0.25) is 0 Å². The van der Waals surface area contributed by atoms with Crippen LogP contribution in [0.15, 0.2) is 21.9 Å². The van der Waals surface area contributed by atoms with E-state index in [1.54, 1.807) is 6.92 Å². The van der Waals surface area contributed by atoms with Gasteiger partial charge in [0.1, 0.15) is 0 Å². The molecule has 0 spiro atoms. The van der Waals surface area contributed by atoms with Gasteiger partial charge in [-0.2, -0.15) is 0 Å². The summed E-state index contributed by atoms with van der Waals surface area (Å²) in [5.74, 6) is 5.69. The average Bonchev–Trinajstić information content (AvgIpc) is 3.03. The molecule has 0 saturated heterocycles. The third kappa shape index (κ3) is 3.65. The first-order valence-electron chi connectivity index (χ1n) is 5.70. The lowest BCUT2D eigenvalue weighted by molar-refractivity contribution is 0.583. The van der Waals surface area contributed by atoms with Crippen molar-refractivity contribution in [3.05, 3.63) is 33.1 Å². The summed E-state index contributed by atoms with van der Waals surface area (Å²) >= 11 is 2.61. The molecule has 0 aliphatic rings. The van der Waals surface area contributed by atoms with Crippen molar-refractivity contribution in [2.75, 3.05) is 6.54 Å². The Morgan fingerprint density at radius 2 is 2.30 bits per heavy atom. The van der Waals surface area contributed by atoms with E-state index in [0.29, 0.717) is 0 Å². The summed E-state index contributed by atoms with van der Waals surface area (Å²) in [5, 5.41) is 2.59. The van der Waals surface area contributed by atoms with Gasteiger partial charge in [0.25, 0.3) is 10.0 Å². The zero-order valence-corrected chi connectivity index (χ0v) is 13.2. The smallest absolute Gasteiger partial charge is 0.252 e. The van der Waals surface area contributed by atoms with Gasteiger partial charge in [-0.15, -0.1) is 22.7 Å². The van der Waals surface area contributed by atoms with E-state index in [2.05, 4.69) is 21.5 Å². The minimum atomic E-state index is -3.51. The van der Waals surface area contributed by atoms with E-state index >= 15 is 0 Å². The number of nitrogens with one attached hydrogen (secondary N) is 1. The molecule has 2 heterocycles. The maximum atomic E-state index is 12.1. The largest absolute Gasteiger partial charge is 0.320 e. The Kier molecular flexibility index (Phi) is 4.91. The second-order valence-corrected chi connectivity index (χ2v) is 8.02. The number of sulfonamides is 1. The second-order valence-electron chi connectivity index (χ2n) is 3.79. The van der Waals surface area contributed by atoms with E-state index < -0.39 is 10.0 Å². The predicted molar refractivity (Wildman–Crippen MR) is 81.1 cm³/mol. The number of aromatic nitrogens is 1. The molecule has 5 nitrogen and oxygen atoms in total. The Hall–Kier alpha value is -1.24. The van der Waals surface area contributed by atoms with Gasteiger partial charge in [-0.1, -0.05) is 11.8 Å². The van der Waals surface area contributed by atoms with Gasteiger partial charge in [0.2, 0.25) is 0 Å². The molecule has 2 rings (SSSR count). The number of nitrogens with two attached hydrogens (primary N) is 1. The highest BCUT2D eigenvalue weighted by molar-refractivity contribution is 7.91. The quantitative estimate of drug-likeness (QED) is 0.829. The first-order valence-corrected chi connectivity index (χ1v) is 8.88. The van der Waals surface area contributed by atoms with E-state index in [9.17, 15) is 8.42 Å². The van der Waals surface area contributed by atoms with Crippen LogP contribution < -0.4 is 10.5 Å². The summed E-state index contributed by atoms with van der Waals surface area (Å²) in [7, 11) is -3.51. The van der Waals surface area contributed by atoms with Crippen LogP contribution >= 0.6 is 22.7 Å². The number of aryl methyl sites for hydroxylation is 1. The van der Waals surface area contributed by atoms with Crippen LogP contribution in [0.25, 0.3) is 0 Å². The Morgan fingerprint density at radius 3 is 2.95 bits per heavy atom. The van der Waals surface area contributed by atoms with Crippen molar-refractivity contribution >= 4 is 32.7 Å². The first-order chi connectivity index (χ1) is 9.53. The number of hydrogen-bond donors (Lipinski definition) is 2. The third-order valence-corrected chi connectivity index (χ3v) is 6.05. The zero-order chi connectivity index (χ0) is 14.6. The van der Waals surface area contributed by atoms with Crippen LogP contribution in [0.4, 0.5) is 0 Å². The molecule has 0 amide bonds. The summed E-state index contributed by atoms with van der Waals surface area (Å²) < 4.78 is 26.9. The lowest BCUT2D eigenvalue weighted by atomic mass is 10.2. The summed E-state index contributed by atoms with van der Waals surface area (Å²) in [5.41, 5.74) is 6.14. The van der Waals surface area contributed by atoms with Crippen LogP contribution in [-0.4, -0.2) is 19.9 Å². The van der Waals surface area contributed by atoms with Gasteiger partial charge >= 0.3 is 0 Å². The van der Waals surface area contributed by atoms with Crippen molar-refractivity contribution < 1.29 is 8.42 Å². The highest BCUT2D eigenvalue weighted by Crippen LogP contribution is 2.20. The fourth-order valence-corrected chi connectivity index (χ4v) is 4.44. The molecule has 3 N–H and O–H groups in total. The number of thiazole rings is 1. The minimum Gasteiger partial charge on any atom is -0.320 e. The maximum absolute atomic E-state index is 12.1. The number of thiophene rings is 1. The fraction of sp³-hybridized carbons (Fsp3) is 0.250. The van der Waals surface area contributed by atoms with Gasteiger partial charge < -0.3 is 5.73 Å². The van der Waals surface area contributed by atoms with Crippen LogP contribution in [0.5, 0.6) is 0 Å². The van der Waals surface area contributed by atoms with Gasteiger partial charge in [0.15, 0.2) is 4.21 Å². The second kappa shape index (κ2) is 6.47. The van der Waals surface area contributed by atoms with Crippen molar-refractivity contribution in [3.63, 3.8) is 0 Å². The molecular formula is C12H13N3O2S3. The SMILES string of the molecule is Cc1ncc(S(=O)(=O)NCc2sccc2C#CCN)s1. The van der Waals surface area contributed by atoms with Crippen LogP contribution in [-0.2, 0) is 16.6 Å². The van der Waals surface area contributed by atoms with E-state index in [4.69, 9.17) is 5.73 Å². The van der Waals surface area contributed by atoms with Crippen molar-refractivity contribution in [3.8, 4) is 11.8 Å². The third-order valence-electron chi connectivity index (χ3n) is 2.36. The molecule has 0 unspecified atom stereocenters. The Morgan fingerprint density at radius 1 is 1.50 bits per heavy atom. The van der Waals surface area contributed by atoms with Gasteiger partial charge in [0, 0.05) is 17.0 Å². The Balaban J connectivity index is 2.11. The van der Waals surface area contributed by atoms with Crippen LogP contribution in [0, 0.1) is 18.8 Å². The minimum absolute atomic E-state index is 0.214. The molecule has 0 radical (unpaired) electrons. The highest BCUT2D eigenvalue weighted by Gasteiger charge is 2.17. The molecular weight excluding hydrogens is 314 g/mol. The van der Waals surface area contributed by atoms with E-state index in [1.807, 2.05) is 11.4 Å². The molecule has 106 valence electrons. The molecule has 0 fully saturated rings. The number of nitrogens with zero attached hydrogens (tertiary/aromatic N) is 1. The normalized spacial score (nSPS) is 11.1. The van der Waals surface area contributed by atoms with Crippen molar-refractivity contribution in [2.45, 2.75) is 17.7 Å². The molecule has 0 saturated carbocycles. The molecule has 2 aromatic heterocycles. The van der Waals surface area contributed by atoms with Gasteiger partial charge in [-0.05, 0) is 18.4 Å². The van der Waals surface area contributed by atoms with Gasteiger partial charge in [0.05, 0.1) is 17.7 Å². The number of rotatable bonds is 4. The van der Waals surface area contributed by atoms with Crippen molar-refractivity contribution in [2.24, 2.45) is 5.73 Å². The summed E-state index contributed by atoms with van der Waals surface area (Å²) in [6.45, 7) is 2.26. The molecule has 0 bridgehead atoms. The maximum Gasteiger partial charge on any atom is 0.252 e. The van der Waals surface area contributed by atoms with E-state index in [0.717, 1.165) is 26.8 Å². The topological polar surface area (TPSA) is 85.1 Å². The molecule has 0 aromatic carbocycles. The highest BCUT2D eigenvalue weighted by atomic mass is 32.2. The molecule has 0 aliphatic carbocycles. The molecule has 0 atom stereocenters. The Bertz CT molecular complexity index is 750. The van der Waals surface area contributed by atoms with E-state index in [-0.39, 0.29) is 17.3 Å². The molecule has 8 heteroatoms. The van der Waals surface area contributed by atoms with Crippen LogP contribution in [0.2, 0.25) is 0 Å². The van der Waals surface area contributed by atoms with Crippen molar-refractivity contribution in [1.82, 2.24) is 9.71 Å². The Labute approximate surface area is 125 Å². The lowest BCUT2D eigenvalue weighted by Crippen LogP contribution is -2.22. The van der Waals surface area contributed by atoms with Crippen LogP contribution in [0.1, 0.15) is 15.4 Å². The standard InChI is InChI=1S/C12H13N3O2S3/c1-9-14-8-12(19-9)20(16,17)15-7-11-10(3-2-5-13)4-6-18-11/h4,6,8,15H,5,7,13H2,1H3. The average molecular weight is 327 g/mol. The van der Waals surface area contributed by atoms with Gasteiger partial charge in [-0.25, -0.2) is 18.1 Å². The van der Waals surface area contributed by atoms with Crippen molar-refractivity contribution in [1.29, 1.82) is 0 Å².